The highest BCUT2D eigenvalue weighted by Crippen LogP contribution is 2.25. The molecule has 0 atom stereocenters. The van der Waals surface area contributed by atoms with Gasteiger partial charge in [0.25, 0.3) is 5.91 Å². The fraction of sp³-hybridized carbons (Fsp3) is 0.429. The minimum atomic E-state index is -0.0543. The fourth-order valence-corrected chi connectivity index (χ4v) is 2.82. The van der Waals surface area contributed by atoms with Crippen LogP contribution < -0.4 is 5.73 Å². The zero-order valence-corrected chi connectivity index (χ0v) is 12.3. The maximum absolute atomic E-state index is 12.5. The maximum Gasteiger partial charge on any atom is 0.253 e. The Balaban J connectivity index is 2.22. The Bertz CT molecular complexity index is 597. The number of rotatable bonds is 6. The standard InChI is InChI=1S/C14H19N3O2S/c1-2-3-6-17(7-8-18)13(19)10-4-5-11-12(9-10)20-14(15)16-11/h4-5,9,18H,2-3,6-8H2,1H3,(H2,15,16). The smallest absolute Gasteiger partial charge is 0.253 e. The number of nitrogens with zero attached hydrogens (tertiary/aromatic N) is 2. The summed E-state index contributed by atoms with van der Waals surface area (Å²) in [5.41, 5.74) is 7.10. The first-order valence-corrected chi connectivity index (χ1v) is 7.53. The molecule has 1 heterocycles. The highest BCUT2D eigenvalue weighted by molar-refractivity contribution is 7.22. The number of hydrogen-bond donors (Lipinski definition) is 2. The zero-order valence-electron chi connectivity index (χ0n) is 11.5. The number of aliphatic hydroxyl groups excluding tert-OH is 1. The Kier molecular flexibility index (Phi) is 4.92. The predicted molar refractivity (Wildman–Crippen MR) is 81.9 cm³/mol. The molecule has 0 spiro atoms. The van der Waals surface area contributed by atoms with Crippen LogP contribution in [0.3, 0.4) is 0 Å². The van der Waals surface area contributed by atoms with Gasteiger partial charge < -0.3 is 15.7 Å². The van der Waals surface area contributed by atoms with Crippen molar-refractivity contribution in [1.82, 2.24) is 9.88 Å². The van der Waals surface area contributed by atoms with Gasteiger partial charge in [-0.15, -0.1) is 0 Å². The van der Waals surface area contributed by atoms with Crippen molar-refractivity contribution >= 4 is 32.6 Å². The molecule has 0 saturated heterocycles. The van der Waals surface area contributed by atoms with Gasteiger partial charge in [0.1, 0.15) is 0 Å². The Morgan fingerprint density at radius 1 is 1.45 bits per heavy atom. The van der Waals surface area contributed by atoms with Crippen LogP contribution in [0.4, 0.5) is 5.13 Å². The number of benzene rings is 1. The molecule has 6 heteroatoms. The van der Waals surface area contributed by atoms with Crippen molar-refractivity contribution in [1.29, 1.82) is 0 Å². The van der Waals surface area contributed by atoms with E-state index in [0.717, 1.165) is 23.1 Å². The molecule has 0 aliphatic carbocycles. The number of carbonyl (C=O) groups excluding carboxylic acids is 1. The largest absolute Gasteiger partial charge is 0.395 e. The molecule has 1 aromatic carbocycles. The third kappa shape index (κ3) is 3.26. The molecule has 0 fully saturated rings. The summed E-state index contributed by atoms with van der Waals surface area (Å²) >= 11 is 1.37. The van der Waals surface area contributed by atoms with Crippen LogP contribution in [0.5, 0.6) is 0 Å². The molecule has 0 aliphatic rings. The third-order valence-corrected chi connectivity index (χ3v) is 3.94. The Hall–Kier alpha value is -1.66. The minimum absolute atomic E-state index is 0.0226. The first kappa shape index (κ1) is 14.7. The molecule has 108 valence electrons. The molecule has 5 nitrogen and oxygen atoms in total. The summed E-state index contributed by atoms with van der Waals surface area (Å²) < 4.78 is 0.910. The van der Waals surface area contributed by atoms with Gasteiger partial charge in [-0.25, -0.2) is 4.98 Å². The number of unbranched alkanes of at least 4 members (excludes halogenated alkanes) is 1. The lowest BCUT2D eigenvalue weighted by Gasteiger charge is -2.21. The Morgan fingerprint density at radius 3 is 2.95 bits per heavy atom. The topological polar surface area (TPSA) is 79.5 Å². The normalized spacial score (nSPS) is 10.9. The van der Waals surface area contributed by atoms with Gasteiger partial charge in [0.05, 0.1) is 16.8 Å². The maximum atomic E-state index is 12.5. The molecule has 2 rings (SSSR count). The number of aromatic nitrogens is 1. The van der Waals surface area contributed by atoms with Gasteiger partial charge in [-0.3, -0.25) is 4.79 Å². The molecule has 0 aliphatic heterocycles. The lowest BCUT2D eigenvalue weighted by Crippen LogP contribution is -2.34. The van der Waals surface area contributed by atoms with Crippen LogP contribution >= 0.6 is 11.3 Å². The number of hydrogen-bond acceptors (Lipinski definition) is 5. The van der Waals surface area contributed by atoms with Gasteiger partial charge in [0.2, 0.25) is 0 Å². The number of amides is 1. The van der Waals surface area contributed by atoms with Crippen molar-refractivity contribution in [3.63, 3.8) is 0 Å². The van der Waals surface area contributed by atoms with E-state index in [1.807, 2.05) is 12.1 Å². The summed E-state index contributed by atoms with van der Waals surface area (Å²) in [6, 6.07) is 5.40. The molecule has 0 bridgehead atoms. The van der Waals surface area contributed by atoms with Crippen LogP contribution in [0.2, 0.25) is 0 Å². The molecule has 0 radical (unpaired) electrons. The van der Waals surface area contributed by atoms with Crippen molar-refractivity contribution in [3.05, 3.63) is 23.8 Å². The molecule has 0 unspecified atom stereocenters. The molecule has 1 amide bonds. The summed E-state index contributed by atoms with van der Waals surface area (Å²) in [6.07, 6.45) is 1.95. The van der Waals surface area contributed by atoms with Crippen LogP contribution in [-0.2, 0) is 0 Å². The Morgan fingerprint density at radius 2 is 2.25 bits per heavy atom. The average molecular weight is 293 g/mol. The third-order valence-electron chi connectivity index (χ3n) is 3.09. The number of anilines is 1. The molecule has 1 aromatic heterocycles. The van der Waals surface area contributed by atoms with E-state index in [2.05, 4.69) is 11.9 Å². The second-order valence-corrected chi connectivity index (χ2v) is 5.67. The van der Waals surface area contributed by atoms with Crippen LogP contribution in [0.15, 0.2) is 18.2 Å². The fourth-order valence-electron chi connectivity index (χ4n) is 2.04. The van der Waals surface area contributed by atoms with Crippen LogP contribution in [0, 0.1) is 0 Å². The monoisotopic (exact) mass is 293 g/mol. The first-order valence-electron chi connectivity index (χ1n) is 6.72. The summed E-state index contributed by atoms with van der Waals surface area (Å²) in [5, 5.41) is 9.59. The molecule has 20 heavy (non-hydrogen) atoms. The van der Waals surface area contributed by atoms with E-state index < -0.39 is 0 Å². The van der Waals surface area contributed by atoms with Crippen LogP contribution in [-0.4, -0.2) is 40.6 Å². The number of nitrogens with two attached hydrogens (primary N) is 1. The average Bonchev–Trinajstić information content (AvgIpc) is 2.81. The van der Waals surface area contributed by atoms with Crippen molar-refractivity contribution in [2.45, 2.75) is 19.8 Å². The molecule has 2 aromatic rings. The van der Waals surface area contributed by atoms with Crippen molar-refractivity contribution in [2.75, 3.05) is 25.4 Å². The molecular formula is C14H19N3O2S. The van der Waals surface area contributed by atoms with Crippen molar-refractivity contribution in [2.24, 2.45) is 0 Å². The van der Waals surface area contributed by atoms with Gasteiger partial charge in [-0.1, -0.05) is 24.7 Å². The van der Waals surface area contributed by atoms with E-state index >= 15 is 0 Å². The quantitative estimate of drug-likeness (QED) is 0.855. The number of aliphatic hydroxyl groups is 1. The zero-order chi connectivity index (χ0) is 14.5. The highest BCUT2D eigenvalue weighted by Gasteiger charge is 2.15. The molecule has 3 N–H and O–H groups in total. The highest BCUT2D eigenvalue weighted by atomic mass is 32.1. The lowest BCUT2D eigenvalue weighted by molar-refractivity contribution is 0.0719. The van der Waals surface area contributed by atoms with Gasteiger partial charge in [-0.2, -0.15) is 0 Å². The number of carbonyl (C=O) groups is 1. The summed E-state index contributed by atoms with van der Waals surface area (Å²) in [4.78, 5) is 18.3. The van der Waals surface area contributed by atoms with Crippen LogP contribution in [0.25, 0.3) is 10.2 Å². The van der Waals surface area contributed by atoms with E-state index in [9.17, 15) is 4.79 Å². The first-order chi connectivity index (χ1) is 9.65. The second kappa shape index (κ2) is 6.67. The van der Waals surface area contributed by atoms with E-state index in [4.69, 9.17) is 10.8 Å². The van der Waals surface area contributed by atoms with E-state index in [-0.39, 0.29) is 12.5 Å². The summed E-state index contributed by atoms with van der Waals surface area (Å²) in [6.45, 7) is 3.08. The molecular weight excluding hydrogens is 274 g/mol. The second-order valence-electron chi connectivity index (χ2n) is 4.60. The SMILES string of the molecule is CCCCN(CCO)C(=O)c1ccc2nc(N)sc2c1. The lowest BCUT2D eigenvalue weighted by atomic mass is 10.1. The van der Waals surface area contributed by atoms with Crippen LogP contribution in [0.1, 0.15) is 30.1 Å². The Labute approximate surface area is 122 Å². The molecule has 0 saturated carbocycles. The van der Waals surface area contributed by atoms with Gasteiger partial charge in [0, 0.05) is 18.7 Å². The van der Waals surface area contributed by atoms with Gasteiger partial charge >= 0.3 is 0 Å². The summed E-state index contributed by atoms with van der Waals surface area (Å²) in [7, 11) is 0. The van der Waals surface area contributed by atoms with Crippen molar-refractivity contribution < 1.29 is 9.90 Å². The predicted octanol–water partition coefficient (Wildman–Crippen LogP) is 2.11. The van der Waals surface area contributed by atoms with Gasteiger partial charge in [-0.05, 0) is 24.6 Å². The van der Waals surface area contributed by atoms with E-state index in [0.29, 0.717) is 23.8 Å². The van der Waals surface area contributed by atoms with Crippen molar-refractivity contribution in [3.8, 4) is 0 Å². The van der Waals surface area contributed by atoms with E-state index in [1.54, 1.807) is 11.0 Å². The minimum Gasteiger partial charge on any atom is -0.395 e. The van der Waals surface area contributed by atoms with Gasteiger partial charge in [0.15, 0.2) is 5.13 Å². The van der Waals surface area contributed by atoms with E-state index in [1.165, 1.54) is 11.3 Å². The number of thiazole rings is 1. The number of nitrogen functional groups attached to an aromatic ring is 1. The number of fused-ring (bicyclic) bond motifs is 1. The summed E-state index contributed by atoms with van der Waals surface area (Å²) in [5.74, 6) is -0.0543.